The molecule has 0 aliphatic carbocycles. The van der Waals surface area contributed by atoms with Gasteiger partial charge in [-0.25, -0.2) is 14.6 Å². The number of amides is 5. The van der Waals surface area contributed by atoms with Crippen LogP contribution in [0.3, 0.4) is 0 Å². The van der Waals surface area contributed by atoms with Crippen molar-refractivity contribution in [3.05, 3.63) is 47.2 Å². The number of nitrogens with one attached hydrogen (secondary N) is 2. The number of pyridine rings is 1. The van der Waals surface area contributed by atoms with E-state index < -0.39 is 0 Å². The van der Waals surface area contributed by atoms with Crippen molar-refractivity contribution in [1.82, 2.24) is 20.5 Å². The molecule has 3 saturated heterocycles. The first-order valence-electron chi connectivity index (χ1n) is 11.6. The summed E-state index contributed by atoms with van der Waals surface area (Å²) in [4.78, 5) is 50.0. The summed E-state index contributed by atoms with van der Waals surface area (Å²) in [5, 5.41) is 5.59. The normalized spacial score (nSPS) is 18.4. The fourth-order valence-corrected chi connectivity index (χ4v) is 4.84. The lowest BCUT2D eigenvalue weighted by Crippen LogP contribution is -2.49. The van der Waals surface area contributed by atoms with Crippen molar-refractivity contribution in [1.29, 1.82) is 0 Å². The van der Waals surface area contributed by atoms with E-state index in [1.54, 1.807) is 28.0 Å². The number of hydrogen-bond acceptors (Lipinski definition) is 5. The second-order valence-electron chi connectivity index (χ2n) is 8.90. The highest BCUT2D eigenvalue weighted by atomic mass is 16.2. The van der Waals surface area contributed by atoms with Gasteiger partial charge in [-0.05, 0) is 43.2 Å². The van der Waals surface area contributed by atoms with Crippen LogP contribution in [0.5, 0.6) is 0 Å². The number of carbonyl (C=O) groups excluding carboxylic acids is 3. The largest absolute Gasteiger partial charge is 0.353 e. The van der Waals surface area contributed by atoms with Crippen molar-refractivity contribution in [2.24, 2.45) is 0 Å². The van der Waals surface area contributed by atoms with E-state index in [0.717, 1.165) is 16.9 Å². The molecule has 0 atom stereocenters. The van der Waals surface area contributed by atoms with E-state index in [1.807, 2.05) is 18.0 Å². The van der Waals surface area contributed by atoms with Crippen LogP contribution in [-0.4, -0.2) is 80.2 Å². The Labute approximate surface area is 198 Å². The second-order valence-corrected chi connectivity index (χ2v) is 8.90. The molecule has 2 N–H and O–H groups in total. The molecular weight excluding hydrogens is 434 g/mol. The summed E-state index contributed by atoms with van der Waals surface area (Å²) < 4.78 is 0. The SMILES string of the molecule is Cc1cnc(N2CCN(C(=O)c3ccc(N4CCNC4=O)cc3N3CCNC3=O)CC2)c(C)c1. The number of benzene rings is 1. The number of piperazine rings is 1. The van der Waals surface area contributed by atoms with Crippen molar-refractivity contribution in [3.63, 3.8) is 0 Å². The zero-order valence-electron chi connectivity index (χ0n) is 19.5. The number of anilines is 3. The maximum atomic E-state index is 13.6. The molecule has 5 amide bonds. The third-order valence-electron chi connectivity index (χ3n) is 6.58. The van der Waals surface area contributed by atoms with Gasteiger partial charge in [0, 0.05) is 64.2 Å². The average Bonchev–Trinajstić information content (AvgIpc) is 3.46. The summed E-state index contributed by atoms with van der Waals surface area (Å²) >= 11 is 0. The van der Waals surface area contributed by atoms with Crippen LogP contribution in [0.1, 0.15) is 21.5 Å². The van der Waals surface area contributed by atoms with Crippen molar-refractivity contribution < 1.29 is 14.4 Å². The first-order chi connectivity index (χ1) is 16.4. The molecule has 0 bridgehead atoms. The number of aryl methyl sites for hydroxylation is 2. The van der Waals surface area contributed by atoms with Gasteiger partial charge < -0.3 is 20.4 Å². The number of carbonyl (C=O) groups is 3. The zero-order chi connectivity index (χ0) is 23.8. The van der Waals surface area contributed by atoms with Crippen molar-refractivity contribution in [2.75, 3.05) is 67.1 Å². The van der Waals surface area contributed by atoms with Crippen LogP contribution in [0, 0.1) is 13.8 Å². The molecule has 10 nitrogen and oxygen atoms in total. The van der Waals surface area contributed by atoms with E-state index in [9.17, 15) is 14.4 Å². The quantitative estimate of drug-likeness (QED) is 0.719. The van der Waals surface area contributed by atoms with Gasteiger partial charge in [-0.2, -0.15) is 0 Å². The Balaban J connectivity index is 1.38. The van der Waals surface area contributed by atoms with Gasteiger partial charge in [-0.15, -0.1) is 0 Å². The highest BCUT2D eigenvalue weighted by Gasteiger charge is 2.31. The van der Waals surface area contributed by atoms with Crippen LogP contribution >= 0.6 is 0 Å². The molecule has 0 spiro atoms. The maximum absolute atomic E-state index is 13.6. The highest BCUT2D eigenvalue weighted by molar-refractivity contribution is 6.06. The Hall–Kier alpha value is -3.82. The lowest BCUT2D eigenvalue weighted by atomic mass is 10.1. The molecule has 0 radical (unpaired) electrons. The Bertz CT molecular complexity index is 1140. The van der Waals surface area contributed by atoms with Gasteiger partial charge in [0.2, 0.25) is 0 Å². The van der Waals surface area contributed by atoms with Crippen LogP contribution < -0.4 is 25.3 Å². The number of hydrogen-bond donors (Lipinski definition) is 2. The average molecular weight is 464 g/mol. The van der Waals surface area contributed by atoms with Gasteiger partial charge in [0.1, 0.15) is 5.82 Å². The molecule has 1 aromatic carbocycles. The van der Waals surface area contributed by atoms with E-state index in [1.165, 1.54) is 0 Å². The Morgan fingerprint density at radius 2 is 1.56 bits per heavy atom. The minimum Gasteiger partial charge on any atom is -0.353 e. The molecule has 178 valence electrons. The van der Waals surface area contributed by atoms with Gasteiger partial charge in [0.25, 0.3) is 5.91 Å². The predicted molar refractivity (Wildman–Crippen MR) is 130 cm³/mol. The molecule has 3 fully saturated rings. The second kappa shape index (κ2) is 8.85. The molecular formula is C24H29N7O3. The summed E-state index contributed by atoms with van der Waals surface area (Å²) in [6.45, 7) is 8.70. The number of nitrogens with zero attached hydrogens (tertiary/aromatic N) is 5. The van der Waals surface area contributed by atoms with Crippen molar-refractivity contribution in [3.8, 4) is 0 Å². The molecule has 3 aliphatic rings. The lowest BCUT2D eigenvalue weighted by molar-refractivity contribution is 0.0747. The zero-order valence-corrected chi connectivity index (χ0v) is 19.5. The van der Waals surface area contributed by atoms with E-state index in [4.69, 9.17) is 0 Å². The predicted octanol–water partition coefficient (Wildman–Crippen LogP) is 1.72. The van der Waals surface area contributed by atoms with Gasteiger partial charge in [0.15, 0.2) is 0 Å². The van der Waals surface area contributed by atoms with Crippen molar-refractivity contribution >= 4 is 35.2 Å². The van der Waals surface area contributed by atoms with Gasteiger partial charge in [0.05, 0.1) is 11.3 Å². The first-order valence-corrected chi connectivity index (χ1v) is 11.6. The number of urea groups is 2. The van der Waals surface area contributed by atoms with Gasteiger partial charge in [-0.3, -0.25) is 14.6 Å². The topological polar surface area (TPSA) is 101 Å². The lowest BCUT2D eigenvalue weighted by Gasteiger charge is -2.36. The number of rotatable bonds is 4. The molecule has 3 aliphatic heterocycles. The molecule has 0 unspecified atom stereocenters. The Morgan fingerprint density at radius 1 is 0.882 bits per heavy atom. The van der Waals surface area contributed by atoms with Gasteiger partial charge >= 0.3 is 12.1 Å². The third-order valence-corrected chi connectivity index (χ3v) is 6.58. The summed E-state index contributed by atoms with van der Waals surface area (Å²) in [5.41, 5.74) is 3.94. The summed E-state index contributed by atoms with van der Waals surface area (Å²) in [5.74, 6) is 0.848. The summed E-state index contributed by atoms with van der Waals surface area (Å²) in [7, 11) is 0. The molecule has 10 heteroatoms. The first kappa shape index (κ1) is 22.0. The third kappa shape index (κ3) is 4.00. The van der Waals surface area contributed by atoms with Crippen molar-refractivity contribution in [2.45, 2.75) is 13.8 Å². The molecule has 5 rings (SSSR count). The number of aromatic nitrogens is 1. The molecule has 34 heavy (non-hydrogen) atoms. The van der Waals surface area contributed by atoms with E-state index in [0.29, 0.717) is 69.3 Å². The van der Waals surface area contributed by atoms with Gasteiger partial charge in [-0.1, -0.05) is 6.07 Å². The minimum atomic E-state index is -0.234. The molecule has 4 heterocycles. The van der Waals surface area contributed by atoms with E-state index >= 15 is 0 Å². The molecule has 2 aromatic rings. The van der Waals surface area contributed by atoms with Crippen LogP contribution in [0.25, 0.3) is 0 Å². The maximum Gasteiger partial charge on any atom is 0.322 e. The fraction of sp³-hybridized carbons (Fsp3) is 0.417. The van der Waals surface area contributed by atoms with Crippen LogP contribution in [0.15, 0.2) is 30.5 Å². The van der Waals surface area contributed by atoms with E-state index in [-0.39, 0.29) is 18.0 Å². The van der Waals surface area contributed by atoms with Crippen LogP contribution in [0.2, 0.25) is 0 Å². The summed E-state index contributed by atoms with van der Waals surface area (Å²) in [6.07, 6.45) is 1.87. The Kier molecular flexibility index (Phi) is 5.72. The molecule has 1 aromatic heterocycles. The molecule has 0 saturated carbocycles. The van der Waals surface area contributed by atoms with Crippen LogP contribution in [-0.2, 0) is 0 Å². The summed E-state index contributed by atoms with van der Waals surface area (Å²) in [6, 6.07) is 7.01. The Morgan fingerprint density at radius 3 is 2.18 bits per heavy atom. The monoisotopic (exact) mass is 463 g/mol. The highest BCUT2D eigenvalue weighted by Crippen LogP contribution is 2.30. The van der Waals surface area contributed by atoms with E-state index in [2.05, 4.69) is 33.5 Å². The minimum absolute atomic E-state index is 0.111. The standard InChI is InChI=1S/C24H29N7O3/c1-16-13-17(2)21(27-15-16)28-9-11-29(12-10-28)22(32)19-4-3-18(30-7-5-25-23(30)33)14-20(19)31-8-6-26-24(31)34/h3-4,13-15H,5-12H2,1-2H3,(H,25,33)(H,26,34). The fourth-order valence-electron chi connectivity index (χ4n) is 4.84. The van der Waals surface area contributed by atoms with Crippen LogP contribution in [0.4, 0.5) is 26.8 Å². The smallest absolute Gasteiger partial charge is 0.322 e.